The lowest BCUT2D eigenvalue weighted by Crippen LogP contribution is -2.32. The van der Waals surface area contributed by atoms with Crippen molar-refractivity contribution < 1.29 is 27.5 Å². The third-order valence-electron chi connectivity index (χ3n) is 5.22. The molecular formula is C22H26N2O6S2. The van der Waals surface area contributed by atoms with Gasteiger partial charge in [0.25, 0.3) is 11.8 Å². The molecule has 0 atom stereocenters. The monoisotopic (exact) mass is 478 g/mol. The Hall–Kier alpha value is -2.72. The Bertz CT molecular complexity index is 1120. The minimum atomic E-state index is -3.37. The van der Waals surface area contributed by atoms with E-state index in [-0.39, 0.29) is 22.8 Å². The highest BCUT2D eigenvalue weighted by Gasteiger charge is 2.27. The number of thiophene rings is 1. The van der Waals surface area contributed by atoms with E-state index in [0.29, 0.717) is 17.0 Å². The first kappa shape index (κ1) is 23.9. The topological polar surface area (TPSA) is 119 Å². The molecule has 3 rings (SSSR count). The number of hydrogen-bond acceptors (Lipinski definition) is 7. The number of benzene rings is 1. The number of hydrogen-bond donors (Lipinski definition) is 2. The van der Waals surface area contributed by atoms with Crippen LogP contribution in [0.25, 0.3) is 0 Å². The third-order valence-corrected chi connectivity index (χ3v) is 8.18. The predicted octanol–water partition coefficient (Wildman–Crippen LogP) is 3.95. The van der Waals surface area contributed by atoms with E-state index in [1.54, 1.807) is 13.8 Å². The van der Waals surface area contributed by atoms with Crippen LogP contribution in [0.5, 0.6) is 0 Å². The zero-order valence-electron chi connectivity index (χ0n) is 18.0. The summed E-state index contributed by atoms with van der Waals surface area (Å²) in [6.45, 7) is 3.33. The van der Waals surface area contributed by atoms with Gasteiger partial charge in [-0.25, -0.2) is 13.2 Å². The van der Waals surface area contributed by atoms with Gasteiger partial charge in [-0.15, -0.1) is 11.3 Å². The number of anilines is 1. The summed E-state index contributed by atoms with van der Waals surface area (Å²) in [4.78, 5) is 38.7. The van der Waals surface area contributed by atoms with Gasteiger partial charge < -0.3 is 10.1 Å². The molecule has 172 valence electrons. The summed E-state index contributed by atoms with van der Waals surface area (Å²) < 4.78 is 28.8. The van der Waals surface area contributed by atoms with Crippen LogP contribution in [-0.4, -0.2) is 38.7 Å². The van der Waals surface area contributed by atoms with E-state index >= 15 is 0 Å². The number of alkyl carbamates (subject to hydrolysis) is 1. The highest BCUT2D eigenvalue weighted by molar-refractivity contribution is 7.91. The molecule has 0 unspecified atom stereocenters. The highest BCUT2D eigenvalue weighted by Crippen LogP contribution is 2.37. The summed E-state index contributed by atoms with van der Waals surface area (Å²) in [5.74, 6) is -1.10. The second kappa shape index (κ2) is 10.3. The predicted molar refractivity (Wildman–Crippen MR) is 122 cm³/mol. The van der Waals surface area contributed by atoms with Crippen LogP contribution in [0.15, 0.2) is 29.2 Å². The lowest BCUT2D eigenvalue weighted by molar-refractivity contribution is 0.0925. The third kappa shape index (κ3) is 5.36. The number of carbonyl (C=O) groups excluding carboxylic acids is 3. The van der Waals surface area contributed by atoms with Crippen molar-refractivity contribution in [3.05, 3.63) is 45.8 Å². The van der Waals surface area contributed by atoms with E-state index in [0.717, 1.165) is 36.1 Å². The standard InChI is InChI=1S/C22H26N2O6S2/c1-3-30-22(27)24-20(26)18-16-8-6-5-7-9-17(16)31-21(18)23-19(25)14-10-12-15(13-11-14)32(28,29)4-2/h10-13H,3-9H2,1-2H3,(H,23,25)(H,24,26,27). The normalized spacial score (nSPS) is 13.6. The minimum Gasteiger partial charge on any atom is -0.450 e. The molecule has 0 saturated carbocycles. The van der Waals surface area contributed by atoms with Gasteiger partial charge in [-0.1, -0.05) is 13.3 Å². The van der Waals surface area contributed by atoms with Crippen molar-refractivity contribution in [2.45, 2.75) is 50.8 Å². The van der Waals surface area contributed by atoms with Gasteiger partial charge in [0.2, 0.25) is 0 Å². The fourth-order valence-electron chi connectivity index (χ4n) is 3.55. The average Bonchev–Trinajstić information content (AvgIpc) is 2.94. The quantitative estimate of drug-likeness (QED) is 0.607. The molecule has 2 N–H and O–H groups in total. The summed E-state index contributed by atoms with van der Waals surface area (Å²) in [7, 11) is -3.37. The molecule has 0 fully saturated rings. The molecule has 2 aromatic rings. The van der Waals surface area contributed by atoms with E-state index < -0.39 is 27.7 Å². The van der Waals surface area contributed by atoms with Gasteiger partial charge in [0.15, 0.2) is 9.84 Å². The summed E-state index contributed by atoms with van der Waals surface area (Å²) in [6.07, 6.45) is 3.62. The molecule has 0 saturated heterocycles. The van der Waals surface area contributed by atoms with Crippen LogP contribution in [0.3, 0.4) is 0 Å². The summed E-state index contributed by atoms with van der Waals surface area (Å²) in [5, 5.41) is 5.38. The smallest absolute Gasteiger partial charge is 0.414 e. The average molecular weight is 479 g/mol. The summed E-state index contributed by atoms with van der Waals surface area (Å²) in [5.41, 5.74) is 1.41. The number of aryl methyl sites for hydroxylation is 1. The number of imide groups is 1. The number of carbonyl (C=O) groups is 3. The van der Waals surface area contributed by atoms with E-state index in [9.17, 15) is 22.8 Å². The Labute approximate surface area is 191 Å². The van der Waals surface area contributed by atoms with E-state index in [4.69, 9.17) is 4.74 Å². The van der Waals surface area contributed by atoms with Crippen molar-refractivity contribution >= 4 is 44.1 Å². The minimum absolute atomic E-state index is 0.0295. The highest BCUT2D eigenvalue weighted by atomic mass is 32.2. The molecule has 3 amide bonds. The number of fused-ring (bicyclic) bond motifs is 1. The van der Waals surface area contributed by atoms with Crippen molar-refractivity contribution in [2.24, 2.45) is 0 Å². The molecule has 0 spiro atoms. The molecule has 0 radical (unpaired) electrons. The zero-order valence-corrected chi connectivity index (χ0v) is 19.7. The molecule has 1 aromatic carbocycles. The number of rotatable bonds is 6. The largest absolute Gasteiger partial charge is 0.450 e. The Morgan fingerprint density at radius 2 is 1.69 bits per heavy atom. The van der Waals surface area contributed by atoms with Crippen LogP contribution in [-0.2, 0) is 27.4 Å². The van der Waals surface area contributed by atoms with Crippen LogP contribution < -0.4 is 10.6 Å². The van der Waals surface area contributed by atoms with Crippen molar-refractivity contribution in [2.75, 3.05) is 17.7 Å². The Kier molecular flexibility index (Phi) is 7.68. The fourth-order valence-corrected chi connectivity index (χ4v) is 5.71. The maximum absolute atomic E-state index is 12.9. The Balaban J connectivity index is 1.89. The maximum Gasteiger partial charge on any atom is 0.414 e. The lowest BCUT2D eigenvalue weighted by atomic mass is 10.0. The lowest BCUT2D eigenvalue weighted by Gasteiger charge is -2.10. The van der Waals surface area contributed by atoms with Gasteiger partial charge in [0.1, 0.15) is 5.00 Å². The van der Waals surface area contributed by atoms with Crippen molar-refractivity contribution in [1.82, 2.24) is 5.32 Å². The molecule has 1 aliphatic carbocycles. The van der Waals surface area contributed by atoms with E-state index in [2.05, 4.69) is 10.6 Å². The second-order valence-electron chi connectivity index (χ2n) is 7.33. The first-order chi connectivity index (χ1) is 15.3. The van der Waals surface area contributed by atoms with Crippen LogP contribution in [0.1, 0.15) is 64.3 Å². The zero-order chi connectivity index (χ0) is 23.3. The van der Waals surface area contributed by atoms with Crippen molar-refractivity contribution in [3.63, 3.8) is 0 Å². The second-order valence-corrected chi connectivity index (χ2v) is 10.7. The van der Waals surface area contributed by atoms with Gasteiger partial charge in [-0.05, 0) is 62.4 Å². The van der Waals surface area contributed by atoms with Gasteiger partial charge in [0.05, 0.1) is 22.8 Å². The van der Waals surface area contributed by atoms with Gasteiger partial charge in [0, 0.05) is 10.4 Å². The van der Waals surface area contributed by atoms with Gasteiger partial charge in [-0.2, -0.15) is 0 Å². The number of sulfone groups is 1. The SMILES string of the molecule is CCOC(=O)NC(=O)c1c(NC(=O)c2ccc(S(=O)(=O)CC)cc2)sc2c1CCCCC2. The molecule has 1 heterocycles. The van der Waals surface area contributed by atoms with Gasteiger partial charge in [-0.3, -0.25) is 14.9 Å². The molecule has 1 aliphatic rings. The molecule has 32 heavy (non-hydrogen) atoms. The number of ether oxygens (including phenoxy) is 1. The Morgan fingerprint density at radius 1 is 1.00 bits per heavy atom. The van der Waals surface area contributed by atoms with Gasteiger partial charge >= 0.3 is 6.09 Å². The summed E-state index contributed by atoms with van der Waals surface area (Å²) >= 11 is 1.34. The number of amides is 3. The van der Waals surface area contributed by atoms with Crippen LogP contribution in [0, 0.1) is 0 Å². The maximum atomic E-state index is 12.9. The van der Waals surface area contributed by atoms with Crippen LogP contribution in [0.4, 0.5) is 9.80 Å². The van der Waals surface area contributed by atoms with Crippen LogP contribution in [0.2, 0.25) is 0 Å². The van der Waals surface area contributed by atoms with Crippen LogP contribution >= 0.6 is 11.3 Å². The van der Waals surface area contributed by atoms with E-state index in [1.165, 1.54) is 35.6 Å². The Morgan fingerprint density at radius 3 is 2.34 bits per heavy atom. The number of nitrogens with one attached hydrogen (secondary N) is 2. The molecule has 10 heteroatoms. The fraction of sp³-hybridized carbons (Fsp3) is 0.409. The molecular weight excluding hydrogens is 452 g/mol. The molecule has 1 aromatic heterocycles. The van der Waals surface area contributed by atoms with Crippen molar-refractivity contribution in [1.29, 1.82) is 0 Å². The first-order valence-corrected chi connectivity index (χ1v) is 13.0. The molecule has 0 bridgehead atoms. The summed E-state index contributed by atoms with van der Waals surface area (Å²) in [6, 6.07) is 5.67. The first-order valence-electron chi connectivity index (χ1n) is 10.5. The van der Waals surface area contributed by atoms with Crippen molar-refractivity contribution in [3.8, 4) is 0 Å². The van der Waals surface area contributed by atoms with E-state index in [1.807, 2.05) is 0 Å². The molecule has 8 nitrogen and oxygen atoms in total. The molecule has 0 aliphatic heterocycles.